The summed E-state index contributed by atoms with van der Waals surface area (Å²) in [5, 5.41) is 9.32. The number of terminal acetylenes is 2. The molecule has 1 amide bonds. The van der Waals surface area contributed by atoms with Gasteiger partial charge in [-0.3, -0.25) is 4.79 Å². The number of carbonyl (C=O) groups is 2. The predicted molar refractivity (Wildman–Crippen MR) is 221 cm³/mol. The third-order valence-electron chi connectivity index (χ3n) is 14.0. The Labute approximate surface area is 319 Å². The van der Waals surface area contributed by atoms with Crippen molar-refractivity contribution >= 4 is 18.0 Å². The SMILES string of the molecule is C#C.C#C.C=CC.CC.CC1(C)C(c2ccc(C(=O)O)cc2)=CC[C@]2(C)C3CCC4C(CC[C@@]5(C)CCCC45)C3CCC12.CN1CCN(C=O)CC1. The summed E-state index contributed by atoms with van der Waals surface area (Å²) in [5.74, 6) is 4.71. The quantitative estimate of drug-likeness (QED) is 0.193. The monoisotopic (exact) mass is 713 g/mol. The summed E-state index contributed by atoms with van der Waals surface area (Å²) in [4.78, 5) is 25.5. The number of carboxylic acids is 1. The van der Waals surface area contributed by atoms with Gasteiger partial charge in [0.2, 0.25) is 6.41 Å². The maximum Gasteiger partial charge on any atom is 0.335 e. The molecule has 0 spiro atoms. The molecule has 8 atom stereocenters. The fourth-order valence-electron chi connectivity index (χ4n) is 11.8. The van der Waals surface area contributed by atoms with Crippen molar-refractivity contribution in [1.29, 1.82) is 0 Å². The van der Waals surface area contributed by atoms with Gasteiger partial charge in [0.25, 0.3) is 0 Å². The Bertz CT molecular complexity index is 1340. The molecule has 1 aromatic rings. The smallest absolute Gasteiger partial charge is 0.335 e. The number of rotatable bonds is 3. The van der Waals surface area contributed by atoms with Crippen molar-refractivity contribution in [3.05, 3.63) is 54.1 Å². The van der Waals surface area contributed by atoms with E-state index in [1.807, 2.05) is 32.9 Å². The summed E-state index contributed by atoms with van der Waals surface area (Å²) in [7, 11) is 2.07. The van der Waals surface area contributed by atoms with E-state index in [0.29, 0.717) is 22.3 Å². The summed E-state index contributed by atoms with van der Waals surface area (Å²) in [6, 6.07) is 7.63. The van der Waals surface area contributed by atoms with Crippen LogP contribution < -0.4 is 0 Å². The van der Waals surface area contributed by atoms with Crippen LogP contribution in [0.2, 0.25) is 0 Å². The number of nitrogens with zero attached hydrogens (tertiary/aromatic N) is 2. The Morgan fingerprint density at radius 1 is 0.827 bits per heavy atom. The second-order valence-corrected chi connectivity index (χ2v) is 16.8. The number of carboxylic acid groups (broad SMARTS) is 1. The average molecular weight is 713 g/mol. The lowest BCUT2D eigenvalue weighted by atomic mass is 9.41. The van der Waals surface area contributed by atoms with E-state index in [4.69, 9.17) is 0 Å². The number of aromatic carboxylic acids is 1. The fraction of sp³-hybridized carbons (Fsp3) is 0.660. The molecule has 1 aliphatic heterocycles. The van der Waals surface area contributed by atoms with Gasteiger partial charge < -0.3 is 14.9 Å². The van der Waals surface area contributed by atoms with E-state index >= 15 is 0 Å². The minimum atomic E-state index is -0.842. The lowest BCUT2D eigenvalue weighted by Crippen LogP contribution is -2.56. The summed E-state index contributed by atoms with van der Waals surface area (Å²) >= 11 is 0. The third kappa shape index (κ3) is 9.44. The number of fused-ring (bicyclic) bond motifs is 7. The molecule has 1 N–H and O–H groups in total. The van der Waals surface area contributed by atoms with Crippen molar-refractivity contribution in [3.63, 3.8) is 0 Å². The van der Waals surface area contributed by atoms with Gasteiger partial charge in [0.05, 0.1) is 5.56 Å². The van der Waals surface area contributed by atoms with Gasteiger partial charge >= 0.3 is 5.97 Å². The minimum Gasteiger partial charge on any atom is -0.478 e. The standard InChI is InChI=1S/C32H44O2.C6H12N2O.C3H6.C2H6.2C2H2/c1-30(2)25(20-7-9-21(10-8-20)29(33)34)16-19-32(4)27-13-11-23-22(24(27)12-14-28(30)32)15-18-31(3)17-5-6-26(23)31;1-7-2-4-8(6-9)5-3-7;1-3-2;3*1-2/h7-10,16,22-24,26-28H,5-6,11-15,17-19H2,1-4H3,(H,33,34);6H,2-5H2,1H3;3H,1H2,2H3;1-2H3;2*1-2H/t22?,23?,24?,26?,27?,28?,31-,32-;;;;;/m1...../s1. The van der Waals surface area contributed by atoms with Gasteiger partial charge in [0.15, 0.2) is 0 Å². The zero-order chi connectivity index (χ0) is 39.3. The highest BCUT2D eigenvalue weighted by Crippen LogP contribution is 2.69. The normalized spacial score (nSPS) is 33.5. The molecule has 5 nitrogen and oxygen atoms in total. The Morgan fingerprint density at radius 2 is 1.38 bits per heavy atom. The molecule has 52 heavy (non-hydrogen) atoms. The second-order valence-electron chi connectivity index (χ2n) is 16.8. The first-order valence-corrected chi connectivity index (χ1v) is 20.1. The van der Waals surface area contributed by atoms with Gasteiger partial charge in [0.1, 0.15) is 0 Å². The molecule has 1 heterocycles. The molecule has 0 aromatic heterocycles. The number of carbonyl (C=O) groups excluding carboxylic acids is 1. The van der Waals surface area contributed by atoms with Crippen LogP contribution in [0.1, 0.15) is 129 Å². The molecule has 6 unspecified atom stereocenters. The summed E-state index contributed by atoms with van der Waals surface area (Å²) in [5.41, 5.74) is 4.23. The Hall–Kier alpha value is -3.28. The van der Waals surface area contributed by atoms with Crippen molar-refractivity contribution in [1.82, 2.24) is 9.80 Å². The van der Waals surface area contributed by atoms with E-state index in [-0.39, 0.29) is 5.41 Å². The third-order valence-corrected chi connectivity index (χ3v) is 14.0. The van der Waals surface area contributed by atoms with Crippen molar-refractivity contribution in [2.75, 3.05) is 33.2 Å². The van der Waals surface area contributed by atoms with E-state index in [0.717, 1.165) is 62.2 Å². The molecule has 5 aliphatic carbocycles. The maximum absolute atomic E-state index is 11.3. The van der Waals surface area contributed by atoms with Crippen LogP contribution in [0, 0.1) is 77.4 Å². The van der Waals surface area contributed by atoms with Crippen LogP contribution in [-0.2, 0) is 4.79 Å². The molecular weight excluding hydrogens is 641 g/mol. The topological polar surface area (TPSA) is 60.9 Å². The molecular formula is C47H72N2O3. The molecule has 7 rings (SSSR count). The Kier molecular flexibility index (Phi) is 17.5. The fourth-order valence-corrected chi connectivity index (χ4v) is 11.8. The number of likely N-dealkylation sites (N-methyl/N-ethyl adjacent to an activating group) is 1. The summed E-state index contributed by atoms with van der Waals surface area (Å²) in [6.45, 7) is 23.3. The molecule has 0 radical (unpaired) electrons. The number of piperazine rings is 1. The second kappa shape index (κ2) is 20.3. The number of benzene rings is 1. The lowest BCUT2D eigenvalue weighted by Gasteiger charge is -2.64. The van der Waals surface area contributed by atoms with Gasteiger partial charge in [-0.25, -0.2) is 4.79 Å². The molecule has 1 saturated heterocycles. The van der Waals surface area contributed by atoms with Gasteiger partial charge in [-0.2, -0.15) is 0 Å². The maximum atomic E-state index is 11.3. The van der Waals surface area contributed by atoms with E-state index < -0.39 is 5.97 Å². The van der Waals surface area contributed by atoms with Crippen LogP contribution >= 0.6 is 0 Å². The summed E-state index contributed by atoms with van der Waals surface area (Å²) in [6.07, 6.45) is 35.6. The first-order valence-electron chi connectivity index (χ1n) is 20.1. The molecule has 4 saturated carbocycles. The first kappa shape index (κ1) is 44.9. The van der Waals surface area contributed by atoms with Gasteiger partial charge in [-0.05, 0) is 147 Å². The van der Waals surface area contributed by atoms with Crippen LogP contribution in [-0.4, -0.2) is 60.5 Å². The Morgan fingerprint density at radius 3 is 1.94 bits per heavy atom. The molecule has 6 aliphatic rings. The summed E-state index contributed by atoms with van der Waals surface area (Å²) < 4.78 is 0. The highest BCUT2D eigenvalue weighted by Gasteiger charge is 2.60. The zero-order valence-corrected chi connectivity index (χ0v) is 34.1. The average Bonchev–Trinajstić information content (AvgIpc) is 3.57. The highest BCUT2D eigenvalue weighted by atomic mass is 16.4. The number of amides is 1. The van der Waals surface area contributed by atoms with Crippen molar-refractivity contribution in [2.45, 2.75) is 113 Å². The van der Waals surface area contributed by atoms with Crippen molar-refractivity contribution in [3.8, 4) is 25.7 Å². The first-order chi connectivity index (χ1) is 24.9. The lowest BCUT2D eigenvalue weighted by molar-refractivity contribution is -0.127. The van der Waals surface area contributed by atoms with Crippen LogP contribution in [0.25, 0.3) is 5.57 Å². The van der Waals surface area contributed by atoms with Crippen LogP contribution in [0.15, 0.2) is 43.0 Å². The molecule has 288 valence electrons. The highest BCUT2D eigenvalue weighted by molar-refractivity contribution is 5.88. The van der Waals surface area contributed by atoms with Gasteiger partial charge in [0, 0.05) is 26.2 Å². The van der Waals surface area contributed by atoms with Crippen molar-refractivity contribution in [2.24, 2.45) is 51.8 Å². The van der Waals surface area contributed by atoms with E-state index in [2.05, 4.69) is 78.0 Å². The number of hydrogen-bond donors (Lipinski definition) is 1. The minimum absolute atomic E-state index is 0.121. The van der Waals surface area contributed by atoms with Crippen LogP contribution in [0.5, 0.6) is 0 Å². The van der Waals surface area contributed by atoms with Gasteiger partial charge in [-0.15, -0.1) is 32.3 Å². The van der Waals surface area contributed by atoms with Crippen molar-refractivity contribution < 1.29 is 14.7 Å². The zero-order valence-electron chi connectivity index (χ0n) is 34.1. The van der Waals surface area contributed by atoms with Crippen LogP contribution in [0.4, 0.5) is 0 Å². The van der Waals surface area contributed by atoms with E-state index in [1.54, 1.807) is 23.1 Å². The van der Waals surface area contributed by atoms with E-state index in [1.165, 1.54) is 75.3 Å². The molecule has 5 heteroatoms. The van der Waals surface area contributed by atoms with Gasteiger partial charge in [-0.1, -0.05) is 72.2 Å². The number of allylic oxidation sites excluding steroid dienone is 3. The number of hydrogen-bond acceptors (Lipinski definition) is 3. The van der Waals surface area contributed by atoms with Crippen LogP contribution in [0.3, 0.4) is 0 Å². The molecule has 1 aromatic carbocycles. The molecule has 0 bridgehead atoms. The predicted octanol–water partition coefficient (Wildman–Crippen LogP) is 10.6. The molecule has 5 fully saturated rings. The largest absolute Gasteiger partial charge is 0.478 e. The van der Waals surface area contributed by atoms with E-state index in [9.17, 15) is 14.7 Å². The Balaban J connectivity index is 0.000000438.